The molecule has 0 radical (unpaired) electrons. The highest BCUT2D eigenvalue weighted by molar-refractivity contribution is 6.04. The zero-order valence-corrected chi connectivity index (χ0v) is 18.0. The van der Waals surface area contributed by atoms with E-state index in [1.807, 2.05) is 6.07 Å². The van der Waals surface area contributed by atoms with Gasteiger partial charge in [0.2, 0.25) is 0 Å². The topological polar surface area (TPSA) is 60.1 Å². The number of nitrogens with two attached hydrogens (primary N) is 1. The minimum absolute atomic E-state index is 0.243. The van der Waals surface area contributed by atoms with Crippen molar-refractivity contribution in [2.45, 2.75) is 44.6 Å². The van der Waals surface area contributed by atoms with E-state index in [9.17, 15) is 0 Å². The lowest BCUT2D eigenvalue weighted by Crippen LogP contribution is -2.43. The van der Waals surface area contributed by atoms with Crippen molar-refractivity contribution in [3.05, 3.63) is 54.2 Å². The van der Waals surface area contributed by atoms with Crippen LogP contribution in [0.25, 0.3) is 10.8 Å². The van der Waals surface area contributed by atoms with Crippen LogP contribution >= 0.6 is 0 Å². The summed E-state index contributed by atoms with van der Waals surface area (Å²) in [4.78, 5) is 8.28. The molecule has 0 aromatic heterocycles. The molecule has 1 saturated heterocycles. The van der Waals surface area contributed by atoms with Crippen molar-refractivity contribution in [2.75, 3.05) is 26.8 Å². The monoisotopic (exact) mass is 407 g/mol. The number of fused-ring (bicyclic) bond motifs is 1. The first-order valence-corrected chi connectivity index (χ1v) is 11.1. The number of nitrogens with zero attached hydrogens (tertiary/aromatic N) is 2. The summed E-state index contributed by atoms with van der Waals surface area (Å²) in [5.41, 5.74) is 8.32. The Morgan fingerprint density at radius 2 is 1.87 bits per heavy atom. The maximum absolute atomic E-state index is 5.69. The molecule has 2 fully saturated rings. The lowest BCUT2D eigenvalue weighted by atomic mass is 9.87. The third-order valence-electron chi connectivity index (χ3n) is 6.44. The van der Waals surface area contributed by atoms with Crippen LogP contribution in [0.5, 0.6) is 5.75 Å². The Balaban J connectivity index is 1.62. The Labute approximate surface area is 179 Å². The van der Waals surface area contributed by atoms with Gasteiger partial charge in [-0.05, 0) is 61.2 Å². The SMILES string of the molecule is C=C(N)CO/N=C(/c1ccc2cc(OC)ccc2c1)C1CCCN(C2CCCC2)C1. The number of ether oxygens (including phenoxy) is 1. The van der Waals surface area contributed by atoms with E-state index in [2.05, 4.69) is 47.0 Å². The molecule has 5 nitrogen and oxygen atoms in total. The molecule has 2 N–H and O–H groups in total. The van der Waals surface area contributed by atoms with E-state index in [0.717, 1.165) is 41.4 Å². The molecule has 1 unspecified atom stereocenters. The van der Waals surface area contributed by atoms with E-state index in [1.54, 1.807) is 7.11 Å². The number of benzene rings is 2. The Bertz CT molecular complexity index is 918. The fraction of sp³-hybridized carbons (Fsp3) is 0.480. The molecule has 2 aromatic rings. The second-order valence-electron chi connectivity index (χ2n) is 8.61. The molecule has 1 heterocycles. The fourth-order valence-electron chi connectivity index (χ4n) is 4.89. The molecule has 1 aliphatic heterocycles. The molecular formula is C25H33N3O2. The van der Waals surface area contributed by atoms with Gasteiger partial charge in [0.1, 0.15) is 5.75 Å². The quantitative estimate of drug-likeness (QED) is 0.534. The van der Waals surface area contributed by atoms with Crippen molar-refractivity contribution >= 4 is 16.5 Å². The standard InChI is InChI=1S/C25H33N3O2/c1-18(26)17-30-27-25(22-6-5-13-28(16-22)23-7-3-4-8-23)21-10-9-20-15-24(29-2)12-11-19(20)14-21/h9-12,14-15,22-23H,1,3-8,13,16-17,26H2,2H3/b27-25-. The van der Waals surface area contributed by atoms with E-state index in [0.29, 0.717) is 11.6 Å². The van der Waals surface area contributed by atoms with Crippen LogP contribution in [-0.2, 0) is 4.84 Å². The molecule has 0 spiro atoms. The van der Waals surface area contributed by atoms with Gasteiger partial charge in [-0.25, -0.2) is 0 Å². The zero-order valence-electron chi connectivity index (χ0n) is 18.0. The Morgan fingerprint density at radius 1 is 1.10 bits per heavy atom. The summed E-state index contributed by atoms with van der Waals surface area (Å²) in [6, 6.07) is 13.4. The Morgan fingerprint density at radius 3 is 2.63 bits per heavy atom. The van der Waals surface area contributed by atoms with Crippen LogP contribution in [0.15, 0.2) is 53.8 Å². The van der Waals surface area contributed by atoms with Gasteiger partial charge in [0.15, 0.2) is 6.61 Å². The lowest BCUT2D eigenvalue weighted by Gasteiger charge is -2.37. The maximum atomic E-state index is 5.69. The molecule has 2 aliphatic rings. The van der Waals surface area contributed by atoms with Crippen molar-refractivity contribution in [2.24, 2.45) is 16.8 Å². The van der Waals surface area contributed by atoms with Crippen molar-refractivity contribution in [1.29, 1.82) is 0 Å². The average Bonchev–Trinajstić information content (AvgIpc) is 3.31. The van der Waals surface area contributed by atoms with Crippen molar-refractivity contribution in [1.82, 2.24) is 4.90 Å². The summed E-state index contributed by atoms with van der Waals surface area (Å²) in [6.07, 6.45) is 7.73. The normalized spacial score (nSPS) is 21.1. The molecule has 0 bridgehead atoms. The first kappa shape index (κ1) is 20.7. The van der Waals surface area contributed by atoms with Crippen LogP contribution in [0.1, 0.15) is 44.1 Å². The highest BCUT2D eigenvalue weighted by atomic mass is 16.6. The summed E-state index contributed by atoms with van der Waals surface area (Å²) in [6.45, 7) is 6.22. The second-order valence-corrected chi connectivity index (χ2v) is 8.61. The molecule has 160 valence electrons. The minimum Gasteiger partial charge on any atom is -0.497 e. The van der Waals surface area contributed by atoms with E-state index in [4.69, 9.17) is 15.3 Å². The predicted octanol–water partition coefficient (Wildman–Crippen LogP) is 4.70. The maximum Gasteiger partial charge on any atom is 0.155 e. The number of likely N-dealkylation sites (tertiary alicyclic amines) is 1. The van der Waals surface area contributed by atoms with Crippen LogP contribution in [0.4, 0.5) is 0 Å². The molecule has 1 saturated carbocycles. The molecule has 5 heteroatoms. The van der Waals surface area contributed by atoms with Crippen molar-refractivity contribution in [3.8, 4) is 5.75 Å². The third kappa shape index (κ3) is 4.78. The van der Waals surface area contributed by atoms with Gasteiger partial charge in [0, 0.05) is 29.8 Å². The highest BCUT2D eigenvalue weighted by Crippen LogP contribution is 2.30. The highest BCUT2D eigenvalue weighted by Gasteiger charge is 2.31. The van der Waals surface area contributed by atoms with Crippen LogP contribution in [0, 0.1) is 5.92 Å². The van der Waals surface area contributed by atoms with Gasteiger partial charge in [-0.1, -0.05) is 42.8 Å². The number of rotatable bonds is 7. The molecule has 1 atom stereocenters. The first-order chi connectivity index (χ1) is 14.6. The van der Waals surface area contributed by atoms with Crippen LogP contribution in [0.3, 0.4) is 0 Å². The third-order valence-corrected chi connectivity index (χ3v) is 6.44. The fourth-order valence-corrected chi connectivity index (χ4v) is 4.89. The van der Waals surface area contributed by atoms with Crippen molar-refractivity contribution < 1.29 is 9.57 Å². The van der Waals surface area contributed by atoms with Crippen molar-refractivity contribution in [3.63, 3.8) is 0 Å². The molecule has 30 heavy (non-hydrogen) atoms. The number of hydrogen-bond acceptors (Lipinski definition) is 5. The van der Waals surface area contributed by atoms with Crippen LogP contribution < -0.4 is 10.5 Å². The Hall–Kier alpha value is -2.53. The van der Waals surface area contributed by atoms with Gasteiger partial charge in [-0.3, -0.25) is 4.90 Å². The van der Waals surface area contributed by atoms with E-state index < -0.39 is 0 Å². The first-order valence-electron chi connectivity index (χ1n) is 11.1. The second kappa shape index (κ2) is 9.52. The molecule has 4 rings (SSSR count). The van der Waals surface area contributed by atoms with Crippen LogP contribution in [0.2, 0.25) is 0 Å². The number of piperidine rings is 1. The smallest absolute Gasteiger partial charge is 0.155 e. The number of oxime groups is 1. The molecule has 1 aliphatic carbocycles. The minimum atomic E-state index is 0.243. The van der Waals surface area contributed by atoms with Gasteiger partial charge in [-0.2, -0.15) is 0 Å². The summed E-state index contributed by atoms with van der Waals surface area (Å²) in [5, 5.41) is 6.91. The summed E-state index contributed by atoms with van der Waals surface area (Å²) < 4.78 is 5.36. The summed E-state index contributed by atoms with van der Waals surface area (Å²) in [5.74, 6) is 1.23. The van der Waals surface area contributed by atoms with E-state index >= 15 is 0 Å². The van der Waals surface area contributed by atoms with Gasteiger partial charge < -0.3 is 15.3 Å². The largest absolute Gasteiger partial charge is 0.497 e. The van der Waals surface area contributed by atoms with Gasteiger partial charge in [0.25, 0.3) is 0 Å². The molecule has 0 amide bonds. The molecular weight excluding hydrogens is 374 g/mol. The average molecular weight is 408 g/mol. The lowest BCUT2D eigenvalue weighted by molar-refractivity contribution is 0.138. The number of methoxy groups -OCH3 is 1. The summed E-state index contributed by atoms with van der Waals surface area (Å²) >= 11 is 0. The Kier molecular flexibility index (Phi) is 6.58. The predicted molar refractivity (Wildman–Crippen MR) is 123 cm³/mol. The molecule has 2 aromatic carbocycles. The number of hydrogen-bond donors (Lipinski definition) is 1. The van der Waals surface area contributed by atoms with Gasteiger partial charge in [0.05, 0.1) is 12.8 Å². The van der Waals surface area contributed by atoms with Gasteiger partial charge >= 0.3 is 0 Å². The van der Waals surface area contributed by atoms with Crippen LogP contribution in [-0.4, -0.2) is 43.5 Å². The van der Waals surface area contributed by atoms with E-state index in [-0.39, 0.29) is 6.61 Å². The van der Waals surface area contributed by atoms with Gasteiger partial charge in [-0.15, -0.1) is 0 Å². The summed E-state index contributed by atoms with van der Waals surface area (Å²) in [7, 11) is 1.70. The zero-order chi connectivity index (χ0) is 20.9. The van der Waals surface area contributed by atoms with E-state index in [1.165, 1.54) is 44.0 Å².